The summed E-state index contributed by atoms with van der Waals surface area (Å²) in [5.74, 6) is 0.660. The fourth-order valence-corrected chi connectivity index (χ4v) is 1.41. The van der Waals surface area contributed by atoms with Crippen LogP contribution in [0.5, 0.6) is 0 Å². The summed E-state index contributed by atoms with van der Waals surface area (Å²) in [6.07, 6.45) is 6.62. The van der Waals surface area contributed by atoms with Crippen LogP contribution in [0, 0.1) is 3.70 Å². The van der Waals surface area contributed by atoms with Crippen LogP contribution in [0.3, 0.4) is 0 Å². The molecule has 4 nitrogen and oxygen atoms in total. The van der Waals surface area contributed by atoms with Gasteiger partial charge in [-0.3, -0.25) is 0 Å². The lowest BCUT2D eigenvalue weighted by atomic mass is 10.3. The second-order valence-corrected chi connectivity index (χ2v) is 3.32. The molecule has 5 heteroatoms. The van der Waals surface area contributed by atoms with Gasteiger partial charge in [0.25, 0.3) is 0 Å². The van der Waals surface area contributed by atoms with E-state index in [1.165, 1.54) is 6.33 Å². The Bertz CT molecular complexity index is 404. The van der Waals surface area contributed by atoms with Crippen molar-refractivity contribution in [1.29, 1.82) is 0 Å². The van der Waals surface area contributed by atoms with Crippen LogP contribution in [0.1, 0.15) is 0 Å². The maximum atomic E-state index is 4.11. The Hall–Kier alpha value is -1.11. The molecule has 0 bridgehead atoms. The predicted molar refractivity (Wildman–Crippen MR) is 55.8 cm³/mol. The molecule has 0 N–H and O–H groups in total. The summed E-state index contributed by atoms with van der Waals surface area (Å²) in [5.41, 5.74) is 0.865. The zero-order valence-corrected chi connectivity index (χ0v) is 8.71. The standard InChI is InChI=1S/C8H5IN4/c9-7-6(4-10-5-13-7)8-11-2-1-3-12-8/h1-5H. The molecule has 2 aromatic rings. The Morgan fingerprint density at radius 3 is 2.54 bits per heavy atom. The second kappa shape index (κ2) is 3.73. The van der Waals surface area contributed by atoms with Gasteiger partial charge in [-0.15, -0.1) is 0 Å². The van der Waals surface area contributed by atoms with Crippen molar-refractivity contribution < 1.29 is 0 Å². The third kappa shape index (κ3) is 1.80. The van der Waals surface area contributed by atoms with Gasteiger partial charge in [-0.1, -0.05) is 0 Å². The number of rotatable bonds is 1. The third-order valence-electron chi connectivity index (χ3n) is 1.47. The van der Waals surface area contributed by atoms with E-state index in [2.05, 4.69) is 42.5 Å². The van der Waals surface area contributed by atoms with Crippen molar-refractivity contribution in [1.82, 2.24) is 19.9 Å². The van der Waals surface area contributed by atoms with E-state index in [9.17, 15) is 0 Å². The van der Waals surface area contributed by atoms with Crippen LogP contribution in [0.4, 0.5) is 0 Å². The van der Waals surface area contributed by atoms with Crippen LogP contribution in [0.25, 0.3) is 11.4 Å². The molecule has 0 aliphatic heterocycles. The topological polar surface area (TPSA) is 51.6 Å². The normalized spacial score (nSPS) is 9.92. The van der Waals surface area contributed by atoms with Gasteiger partial charge in [0, 0.05) is 18.6 Å². The van der Waals surface area contributed by atoms with E-state index in [4.69, 9.17) is 0 Å². The molecular weight excluding hydrogens is 279 g/mol. The van der Waals surface area contributed by atoms with Crippen LogP contribution < -0.4 is 0 Å². The molecule has 2 heterocycles. The summed E-state index contributed by atoms with van der Waals surface area (Å²) in [6, 6.07) is 1.78. The Morgan fingerprint density at radius 1 is 1.08 bits per heavy atom. The Labute approximate surface area is 88.6 Å². The first-order valence-electron chi connectivity index (χ1n) is 3.61. The first-order valence-corrected chi connectivity index (χ1v) is 4.68. The number of hydrogen-bond acceptors (Lipinski definition) is 4. The summed E-state index contributed by atoms with van der Waals surface area (Å²) in [4.78, 5) is 16.2. The highest BCUT2D eigenvalue weighted by Crippen LogP contribution is 2.17. The van der Waals surface area contributed by atoms with E-state index >= 15 is 0 Å². The lowest BCUT2D eigenvalue weighted by Gasteiger charge is -1.98. The number of nitrogens with zero attached hydrogens (tertiary/aromatic N) is 4. The van der Waals surface area contributed by atoms with Crippen LogP contribution in [-0.4, -0.2) is 19.9 Å². The second-order valence-electron chi connectivity index (χ2n) is 2.30. The summed E-state index contributed by atoms with van der Waals surface area (Å²) in [7, 11) is 0. The van der Waals surface area contributed by atoms with Gasteiger partial charge in [-0.05, 0) is 28.7 Å². The third-order valence-corrected chi connectivity index (χ3v) is 2.33. The minimum atomic E-state index is 0.660. The highest BCUT2D eigenvalue weighted by Gasteiger charge is 2.04. The molecule has 13 heavy (non-hydrogen) atoms. The predicted octanol–water partition coefficient (Wildman–Crippen LogP) is 1.54. The molecule has 0 aliphatic rings. The van der Waals surface area contributed by atoms with Crippen LogP contribution in [0.15, 0.2) is 31.0 Å². The lowest BCUT2D eigenvalue weighted by molar-refractivity contribution is 1.10. The summed E-state index contributed by atoms with van der Waals surface area (Å²) in [5, 5.41) is 0. The molecule has 2 rings (SSSR count). The van der Waals surface area contributed by atoms with Crippen LogP contribution in [-0.2, 0) is 0 Å². The largest absolute Gasteiger partial charge is 0.244 e. The van der Waals surface area contributed by atoms with Crippen molar-refractivity contribution in [3.63, 3.8) is 0 Å². The monoisotopic (exact) mass is 284 g/mol. The smallest absolute Gasteiger partial charge is 0.163 e. The fourth-order valence-electron chi connectivity index (χ4n) is 0.903. The molecule has 0 radical (unpaired) electrons. The number of halogens is 1. The lowest BCUT2D eigenvalue weighted by Crippen LogP contribution is -1.92. The highest BCUT2D eigenvalue weighted by molar-refractivity contribution is 14.1. The summed E-state index contributed by atoms with van der Waals surface area (Å²) >= 11 is 2.13. The minimum Gasteiger partial charge on any atom is -0.244 e. The molecule has 64 valence electrons. The van der Waals surface area contributed by atoms with Crippen molar-refractivity contribution in [2.24, 2.45) is 0 Å². The molecule has 0 saturated heterocycles. The van der Waals surface area contributed by atoms with E-state index in [0.717, 1.165) is 9.26 Å². The van der Waals surface area contributed by atoms with Crippen molar-refractivity contribution in [3.8, 4) is 11.4 Å². The summed E-state index contributed by atoms with van der Waals surface area (Å²) < 4.78 is 0.860. The first-order chi connectivity index (χ1) is 6.38. The molecule has 0 spiro atoms. The quantitative estimate of drug-likeness (QED) is 0.588. The minimum absolute atomic E-state index is 0.660. The van der Waals surface area contributed by atoms with Crippen LogP contribution >= 0.6 is 22.6 Å². The zero-order chi connectivity index (χ0) is 9.10. The van der Waals surface area contributed by atoms with Crippen LogP contribution in [0.2, 0.25) is 0 Å². The van der Waals surface area contributed by atoms with E-state index in [1.807, 2.05) is 0 Å². The molecule has 0 aromatic carbocycles. The SMILES string of the molecule is Ic1ncncc1-c1ncccn1. The van der Waals surface area contributed by atoms with Gasteiger partial charge in [0.2, 0.25) is 0 Å². The van der Waals surface area contributed by atoms with Gasteiger partial charge in [0.05, 0.1) is 5.56 Å². The molecule has 0 saturated carbocycles. The van der Waals surface area contributed by atoms with Gasteiger partial charge in [0.1, 0.15) is 10.0 Å². The molecule has 0 atom stereocenters. The van der Waals surface area contributed by atoms with Crippen molar-refractivity contribution in [2.75, 3.05) is 0 Å². The van der Waals surface area contributed by atoms with E-state index in [-0.39, 0.29) is 0 Å². The molecule has 0 aliphatic carbocycles. The van der Waals surface area contributed by atoms with Gasteiger partial charge in [-0.25, -0.2) is 19.9 Å². The highest BCUT2D eigenvalue weighted by atomic mass is 127. The van der Waals surface area contributed by atoms with E-state index in [0.29, 0.717) is 5.82 Å². The fraction of sp³-hybridized carbons (Fsp3) is 0. The molecule has 2 aromatic heterocycles. The molecular formula is C8H5IN4. The van der Waals surface area contributed by atoms with Crippen molar-refractivity contribution >= 4 is 22.6 Å². The number of aromatic nitrogens is 4. The Kier molecular flexibility index (Phi) is 2.44. The molecule has 0 unspecified atom stereocenters. The maximum absolute atomic E-state index is 4.11. The number of hydrogen-bond donors (Lipinski definition) is 0. The van der Waals surface area contributed by atoms with Gasteiger partial charge in [0.15, 0.2) is 5.82 Å². The van der Waals surface area contributed by atoms with E-state index in [1.54, 1.807) is 24.7 Å². The maximum Gasteiger partial charge on any atom is 0.163 e. The molecule has 0 amide bonds. The Morgan fingerprint density at radius 2 is 1.85 bits per heavy atom. The average molecular weight is 284 g/mol. The Balaban J connectivity index is 2.54. The van der Waals surface area contributed by atoms with Gasteiger partial charge < -0.3 is 0 Å². The zero-order valence-electron chi connectivity index (χ0n) is 6.55. The van der Waals surface area contributed by atoms with Gasteiger partial charge >= 0.3 is 0 Å². The summed E-state index contributed by atoms with van der Waals surface area (Å²) in [6.45, 7) is 0. The molecule has 0 fully saturated rings. The first kappa shape index (κ1) is 8.49. The van der Waals surface area contributed by atoms with Gasteiger partial charge in [-0.2, -0.15) is 0 Å². The average Bonchev–Trinajstić information content (AvgIpc) is 2.20. The van der Waals surface area contributed by atoms with Crippen molar-refractivity contribution in [3.05, 3.63) is 34.7 Å². The van der Waals surface area contributed by atoms with E-state index < -0.39 is 0 Å². The van der Waals surface area contributed by atoms with Crippen molar-refractivity contribution in [2.45, 2.75) is 0 Å².